The summed E-state index contributed by atoms with van der Waals surface area (Å²) in [6.45, 7) is 4.30. The second-order valence-corrected chi connectivity index (χ2v) is 13.5. The van der Waals surface area contributed by atoms with Crippen LogP contribution in [0.1, 0.15) is 11.1 Å². The molecule has 1 nitrogen and oxygen atoms in total. The van der Waals surface area contributed by atoms with Gasteiger partial charge in [-0.15, -0.1) is 0 Å². The third-order valence-corrected chi connectivity index (χ3v) is 10.2. The number of benzene rings is 8. The number of aromatic nitrogens is 1. The molecule has 242 valence electrons. The third kappa shape index (κ3) is 5.63. The Morgan fingerprint density at radius 3 is 1.33 bits per heavy atom. The highest BCUT2D eigenvalue weighted by molar-refractivity contribution is 6.11. The van der Waals surface area contributed by atoms with Crippen LogP contribution in [0.4, 0.5) is 0 Å². The monoisotopic (exact) mass is 651 g/mol. The smallest absolute Gasteiger partial charge is 0.0618 e. The van der Waals surface area contributed by atoms with Gasteiger partial charge in [0.15, 0.2) is 0 Å². The molecule has 0 saturated heterocycles. The molecule has 0 bridgehead atoms. The number of rotatable bonds is 6. The summed E-state index contributed by atoms with van der Waals surface area (Å²) in [4.78, 5) is 0. The Balaban J connectivity index is 1.19. The summed E-state index contributed by atoms with van der Waals surface area (Å²) in [6.07, 6.45) is 0. The molecule has 0 spiro atoms. The van der Waals surface area contributed by atoms with Gasteiger partial charge in [0.1, 0.15) is 0 Å². The molecular weight excluding hydrogens is 615 g/mol. The predicted molar refractivity (Wildman–Crippen MR) is 217 cm³/mol. The zero-order valence-electron chi connectivity index (χ0n) is 28.8. The second-order valence-electron chi connectivity index (χ2n) is 13.5. The van der Waals surface area contributed by atoms with Crippen LogP contribution in [0, 0.1) is 13.8 Å². The lowest BCUT2D eigenvalue weighted by atomic mass is 9.94. The fourth-order valence-corrected chi connectivity index (χ4v) is 7.47. The van der Waals surface area contributed by atoms with Crippen molar-refractivity contribution in [3.05, 3.63) is 199 Å². The van der Waals surface area contributed by atoms with Crippen molar-refractivity contribution in [2.24, 2.45) is 0 Å². The summed E-state index contributed by atoms with van der Waals surface area (Å²) in [5.74, 6) is 0. The molecule has 0 amide bonds. The number of fused-ring (bicyclic) bond motifs is 3. The lowest BCUT2D eigenvalue weighted by molar-refractivity contribution is 1.18. The molecule has 0 N–H and O–H groups in total. The first-order valence-electron chi connectivity index (χ1n) is 17.7. The van der Waals surface area contributed by atoms with Crippen molar-refractivity contribution in [3.63, 3.8) is 0 Å². The quantitative estimate of drug-likeness (QED) is 0.169. The van der Waals surface area contributed by atoms with Crippen LogP contribution in [0.15, 0.2) is 188 Å². The van der Waals surface area contributed by atoms with E-state index in [9.17, 15) is 0 Å². The molecule has 1 heteroatoms. The van der Waals surface area contributed by atoms with E-state index >= 15 is 0 Å². The molecule has 0 aliphatic heterocycles. The minimum absolute atomic E-state index is 1.20. The average Bonchev–Trinajstić information content (AvgIpc) is 3.52. The highest BCUT2D eigenvalue weighted by Gasteiger charge is 2.20. The summed E-state index contributed by atoms with van der Waals surface area (Å²) in [5, 5.41) is 2.49. The van der Waals surface area contributed by atoms with E-state index in [1.165, 1.54) is 94.3 Å². The minimum atomic E-state index is 1.20. The van der Waals surface area contributed by atoms with Gasteiger partial charge in [-0.25, -0.2) is 0 Å². The van der Waals surface area contributed by atoms with Crippen molar-refractivity contribution in [3.8, 4) is 61.3 Å². The molecular formula is C50H37N. The lowest BCUT2D eigenvalue weighted by Gasteiger charge is -2.19. The van der Waals surface area contributed by atoms with Gasteiger partial charge in [0.25, 0.3) is 0 Å². The highest BCUT2D eigenvalue weighted by Crippen LogP contribution is 2.42. The first-order valence-corrected chi connectivity index (χ1v) is 17.7. The van der Waals surface area contributed by atoms with E-state index < -0.39 is 0 Å². The van der Waals surface area contributed by atoms with Gasteiger partial charge in [0, 0.05) is 21.9 Å². The summed E-state index contributed by atoms with van der Waals surface area (Å²) < 4.78 is 2.49. The van der Waals surface area contributed by atoms with Gasteiger partial charge in [-0.1, -0.05) is 175 Å². The van der Waals surface area contributed by atoms with Gasteiger partial charge in [-0.05, 0) is 82.6 Å². The van der Waals surface area contributed by atoms with Crippen LogP contribution in [-0.4, -0.2) is 4.57 Å². The number of nitrogens with zero attached hydrogens (tertiary/aromatic N) is 1. The fraction of sp³-hybridized carbons (Fsp3) is 0.0400. The molecule has 0 unspecified atom stereocenters. The van der Waals surface area contributed by atoms with Crippen molar-refractivity contribution < 1.29 is 0 Å². The van der Waals surface area contributed by atoms with Gasteiger partial charge < -0.3 is 4.57 Å². The molecule has 1 heterocycles. The topological polar surface area (TPSA) is 4.93 Å². The zero-order chi connectivity index (χ0) is 34.3. The summed E-state index contributed by atoms with van der Waals surface area (Å²) in [6, 6.07) is 68.8. The Labute approximate surface area is 299 Å². The number of aryl methyl sites for hydroxylation is 2. The van der Waals surface area contributed by atoms with Crippen molar-refractivity contribution >= 4 is 21.8 Å². The zero-order valence-corrected chi connectivity index (χ0v) is 28.8. The van der Waals surface area contributed by atoms with Crippen LogP contribution in [0.5, 0.6) is 0 Å². The molecule has 0 atom stereocenters. The van der Waals surface area contributed by atoms with E-state index in [-0.39, 0.29) is 0 Å². The van der Waals surface area contributed by atoms with Gasteiger partial charge >= 0.3 is 0 Å². The molecule has 0 fully saturated rings. The van der Waals surface area contributed by atoms with Crippen LogP contribution in [0.3, 0.4) is 0 Å². The number of hydrogen-bond donors (Lipinski definition) is 0. The van der Waals surface area contributed by atoms with Crippen LogP contribution in [0.25, 0.3) is 83.1 Å². The third-order valence-electron chi connectivity index (χ3n) is 10.2. The highest BCUT2D eigenvalue weighted by atomic mass is 15.0. The maximum atomic E-state index is 2.49. The van der Waals surface area contributed by atoms with Gasteiger partial charge in [-0.3, -0.25) is 0 Å². The van der Waals surface area contributed by atoms with Crippen molar-refractivity contribution in [2.75, 3.05) is 0 Å². The average molecular weight is 652 g/mol. The van der Waals surface area contributed by atoms with E-state index in [1.54, 1.807) is 0 Å². The van der Waals surface area contributed by atoms with Gasteiger partial charge in [0.2, 0.25) is 0 Å². The van der Waals surface area contributed by atoms with Crippen molar-refractivity contribution in [2.45, 2.75) is 13.8 Å². The largest absolute Gasteiger partial charge is 0.308 e. The lowest BCUT2D eigenvalue weighted by Crippen LogP contribution is -2.00. The molecule has 0 saturated carbocycles. The fourth-order valence-electron chi connectivity index (χ4n) is 7.47. The Hall–Kier alpha value is -6.44. The van der Waals surface area contributed by atoms with Crippen LogP contribution >= 0.6 is 0 Å². The first-order chi connectivity index (χ1) is 25.1. The molecule has 51 heavy (non-hydrogen) atoms. The molecule has 9 aromatic rings. The molecule has 0 aliphatic carbocycles. The van der Waals surface area contributed by atoms with E-state index in [2.05, 4.69) is 206 Å². The summed E-state index contributed by atoms with van der Waals surface area (Å²) >= 11 is 0. The standard InChI is InChI=1S/C50H37N/c1-34-18-22-39(23-19-34)44-15-9-16-45(40-24-20-35(2)21-25-40)50(44)51-48-17-7-6-14-46(48)47-33-43(30-31-49(47)51)38-28-26-37(27-29-38)42-13-8-12-41(32-42)36-10-4-3-5-11-36/h3-33H,1-2H3. The van der Waals surface area contributed by atoms with Crippen molar-refractivity contribution in [1.82, 2.24) is 4.57 Å². The molecule has 0 aliphatic rings. The van der Waals surface area contributed by atoms with E-state index in [4.69, 9.17) is 0 Å². The maximum Gasteiger partial charge on any atom is 0.0618 e. The summed E-state index contributed by atoms with van der Waals surface area (Å²) in [5.41, 5.74) is 18.3. The Bertz CT molecular complexity index is 2600. The first kappa shape index (κ1) is 30.6. The van der Waals surface area contributed by atoms with E-state index in [0.717, 1.165) is 0 Å². The van der Waals surface area contributed by atoms with Gasteiger partial charge in [0.05, 0.1) is 16.7 Å². The normalized spacial score (nSPS) is 11.3. The molecule has 0 radical (unpaired) electrons. The van der Waals surface area contributed by atoms with Crippen LogP contribution in [0.2, 0.25) is 0 Å². The van der Waals surface area contributed by atoms with E-state index in [1.807, 2.05) is 0 Å². The van der Waals surface area contributed by atoms with Crippen LogP contribution in [-0.2, 0) is 0 Å². The molecule has 8 aromatic carbocycles. The van der Waals surface area contributed by atoms with Gasteiger partial charge in [-0.2, -0.15) is 0 Å². The van der Waals surface area contributed by atoms with Crippen LogP contribution < -0.4 is 0 Å². The molecule has 9 rings (SSSR count). The Kier molecular flexibility index (Phi) is 7.67. The predicted octanol–water partition coefficient (Wildman–Crippen LogP) is 13.7. The summed E-state index contributed by atoms with van der Waals surface area (Å²) in [7, 11) is 0. The number of hydrogen-bond acceptors (Lipinski definition) is 0. The SMILES string of the molecule is Cc1ccc(-c2cccc(-c3ccc(C)cc3)c2-n2c3ccccc3c3cc(-c4ccc(-c5cccc(-c6ccccc6)c5)cc4)ccc32)cc1. The Morgan fingerprint density at radius 2 is 0.725 bits per heavy atom. The van der Waals surface area contributed by atoms with E-state index in [0.29, 0.717) is 0 Å². The second kappa shape index (κ2) is 12.8. The number of para-hydroxylation sites is 2. The minimum Gasteiger partial charge on any atom is -0.308 e. The Morgan fingerprint density at radius 1 is 0.294 bits per heavy atom. The van der Waals surface area contributed by atoms with Crippen molar-refractivity contribution in [1.29, 1.82) is 0 Å². The molecule has 1 aromatic heterocycles. The maximum absolute atomic E-state index is 2.49.